The first-order chi connectivity index (χ1) is 16.6. The average molecular weight is 440 g/mol. The third kappa shape index (κ3) is 4.09. The number of rotatable bonds is 0. The van der Waals surface area contributed by atoms with Crippen molar-refractivity contribution in [2.75, 3.05) is 0 Å². The van der Waals surface area contributed by atoms with Gasteiger partial charge in [-0.1, -0.05) is 35.5 Å². The van der Waals surface area contributed by atoms with Crippen LogP contribution < -0.4 is 0 Å². The van der Waals surface area contributed by atoms with Crippen molar-refractivity contribution in [1.82, 2.24) is 15.0 Å². The Morgan fingerprint density at radius 3 is 1.09 bits per heavy atom. The molecular weight excluding hydrogens is 414 g/mol. The van der Waals surface area contributed by atoms with E-state index in [-0.39, 0.29) is 16.2 Å². The zero-order valence-electron chi connectivity index (χ0n) is 19.1. The van der Waals surface area contributed by atoms with E-state index >= 15 is 0 Å². The standard InChI is InChI=1S/C31H25N3/c1(25-4-13-32-14-5-25)10-29-19-28-20-30(22-29,11-2-26-6-15-33-16-7-26)24-31(21-28,23-29)12-3-27-8-17-34-18-9-27/h4-9,13-18,28H,19-24H2. The Bertz CT molecular complexity index is 1200. The Morgan fingerprint density at radius 2 is 0.794 bits per heavy atom. The summed E-state index contributed by atoms with van der Waals surface area (Å²) in [6.45, 7) is 0. The van der Waals surface area contributed by atoms with Crippen molar-refractivity contribution in [3.63, 3.8) is 0 Å². The van der Waals surface area contributed by atoms with Crippen LogP contribution in [0.5, 0.6) is 0 Å². The van der Waals surface area contributed by atoms with Crippen LogP contribution in [0.1, 0.15) is 55.2 Å². The largest absolute Gasteiger partial charge is 0.265 e. The van der Waals surface area contributed by atoms with Gasteiger partial charge in [-0.05, 0) is 80.8 Å². The summed E-state index contributed by atoms with van der Waals surface area (Å²) >= 11 is 0. The van der Waals surface area contributed by atoms with Gasteiger partial charge in [0.05, 0.1) is 0 Å². The zero-order valence-corrected chi connectivity index (χ0v) is 19.1. The smallest absolute Gasteiger partial charge is 0.0350 e. The van der Waals surface area contributed by atoms with Gasteiger partial charge in [0, 0.05) is 70.1 Å². The molecule has 3 heterocycles. The number of aromatic nitrogens is 3. The maximum atomic E-state index is 4.14. The molecule has 3 aromatic heterocycles. The second-order valence-corrected chi connectivity index (χ2v) is 10.3. The minimum absolute atomic E-state index is 0.0392. The molecule has 4 aliphatic carbocycles. The summed E-state index contributed by atoms with van der Waals surface area (Å²) in [5.74, 6) is 22.3. The molecule has 0 radical (unpaired) electrons. The molecule has 0 unspecified atom stereocenters. The van der Waals surface area contributed by atoms with Gasteiger partial charge in [-0.2, -0.15) is 0 Å². The lowest BCUT2D eigenvalue weighted by atomic mass is 9.40. The van der Waals surface area contributed by atoms with E-state index in [0.717, 1.165) is 55.2 Å². The van der Waals surface area contributed by atoms with E-state index in [0.29, 0.717) is 5.92 Å². The van der Waals surface area contributed by atoms with E-state index in [1.54, 1.807) is 0 Å². The lowest BCUT2D eigenvalue weighted by Gasteiger charge is -2.62. The number of pyridine rings is 3. The third-order valence-corrected chi connectivity index (χ3v) is 7.53. The fourth-order valence-electron chi connectivity index (χ4n) is 6.78. The van der Waals surface area contributed by atoms with Gasteiger partial charge in [0.2, 0.25) is 0 Å². The van der Waals surface area contributed by atoms with E-state index in [4.69, 9.17) is 0 Å². The first kappa shape index (κ1) is 20.7. The van der Waals surface area contributed by atoms with Crippen LogP contribution in [0.2, 0.25) is 0 Å². The lowest BCUT2D eigenvalue weighted by molar-refractivity contribution is -0.0837. The normalized spacial score (nSPS) is 30.2. The molecule has 3 aromatic rings. The summed E-state index contributed by atoms with van der Waals surface area (Å²) in [5.41, 5.74) is 2.96. The second kappa shape index (κ2) is 8.17. The molecular formula is C31H25N3. The zero-order chi connectivity index (χ0) is 22.9. The highest BCUT2D eigenvalue weighted by molar-refractivity contribution is 5.42. The van der Waals surface area contributed by atoms with Gasteiger partial charge in [0.25, 0.3) is 0 Å². The first-order valence-corrected chi connectivity index (χ1v) is 11.9. The number of hydrogen-bond acceptors (Lipinski definition) is 3. The summed E-state index contributed by atoms with van der Waals surface area (Å²) in [5, 5.41) is 0. The van der Waals surface area contributed by atoms with E-state index in [9.17, 15) is 0 Å². The number of hydrogen-bond donors (Lipinski definition) is 0. The van der Waals surface area contributed by atoms with Crippen LogP contribution in [0.15, 0.2) is 73.6 Å². The minimum atomic E-state index is -0.0392. The van der Waals surface area contributed by atoms with Crippen LogP contribution in [0, 0.1) is 57.7 Å². The van der Waals surface area contributed by atoms with E-state index in [2.05, 4.69) is 50.5 Å². The van der Waals surface area contributed by atoms with Crippen molar-refractivity contribution in [3.05, 3.63) is 90.3 Å². The Hall–Kier alpha value is -3.87. The molecule has 0 aromatic carbocycles. The molecule has 7 rings (SSSR count). The van der Waals surface area contributed by atoms with E-state index in [1.165, 1.54) is 0 Å². The summed E-state index contributed by atoms with van der Waals surface area (Å²) in [6, 6.07) is 11.9. The van der Waals surface area contributed by atoms with E-state index < -0.39 is 0 Å². The molecule has 0 saturated heterocycles. The van der Waals surface area contributed by atoms with Crippen LogP contribution >= 0.6 is 0 Å². The van der Waals surface area contributed by atoms with Gasteiger partial charge in [-0.25, -0.2) is 0 Å². The SMILES string of the molecule is C(#CC12CC3CC(C#Cc4ccncc4)(C1)CC(C#Cc1ccncc1)(C3)C2)c1ccncc1. The van der Waals surface area contributed by atoms with Crippen molar-refractivity contribution in [2.24, 2.45) is 22.2 Å². The summed E-state index contributed by atoms with van der Waals surface area (Å²) in [6.07, 6.45) is 17.4. The van der Waals surface area contributed by atoms with Crippen molar-refractivity contribution in [1.29, 1.82) is 0 Å². The van der Waals surface area contributed by atoms with Crippen molar-refractivity contribution in [2.45, 2.75) is 38.5 Å². The third-order valence-electron chi connectivity index (χ3n) is 7.53. The molecule has 164 valence electrons. The summed E-state index contributed by atoms with van der Waals surface area (Å²) < 4.78 is 0. The molecule has 34 heavy (non-hydrogen) atoms. The van der Waals surface area contributed by atoms with Crippen molar-refractivity contribution >= 4 is 0 Å². The highest BCUT2D eigenvalue weighted by Crippen LogP contribution is 2.69. The van der Waals surface area contributed by atoms with Gasteiger partial charge in [-0.15, -0.1) is 0 Å². The molecule has 0 spiro atoms. The highest BCUT2D eigenvalue weighted by Gasteiger charge is 2.62. The molecule has 4 bridgehead atoms. The Labute approximate surface area is 201 Å². The maximum Gasteiger partial charge on any atom is 0.0350 e. The monoisotopic (exact) mass is 439 g/mol. The van der Waals surface area contributed by atoms with Crippen LogP contribution in [-0.2, 0) is 0 Å². The molecule has 4 fully saturated rings. The van der Waals surface area contributed by atoms with Crippen LogP contribution in [0.25, 0.3) is 0 Å². The quantitative estimate of drug-likeness (QED) is 0.447. The van der Waals surface area contributed by atoms with Crippen LogP contribution in [0.3, 0.4) is 0 Å². The van der Waals surface area contributed by atoms with Gasteiger partial charge >= 0.3 is 0 Å². The predicted molar refractivity (Wildman–Crippen MR) is 132 cm³/mol. The minimum Gasteiger partial charge on any atom is -0.265 e. The maximum absolute atomic E-state index is 4.14. The van der Waals surface area contributed by atoms with E-state index in [1.807, 2.05) is 73.6 Å². The molecule has 0 N–H and O–H groups in total. The lowest BCUT2D eigenvalue weighted by Crippen LogP contribution is -2.55. The summed E-state index contributed by atoms with van der Waals surface area (Å²) in [7, 11) is 0. The molecule has 4 aliphatic rings. The van der Waals surface area contributed by atoms with Gasteiger partial charge in [0.15, 0.2) is 0 Å². The second-order valence-electron chi connectivity index (χ2n) is 10.3. The summed E-state index contributed by atoms with van der Waals surface area (Å²) in [4.78, 5) is 12.4. The Morgan fingerprint density at radius 1 is 0.500 bits per heavy atom. The molecule has 3 heteroatoms. The van der Waals surface area contributed by atoms with Crippen molar-refractivity contribution in [3.8, 4) is 35.5 Å². The Kier molecular flexibility index (Phi) is 4.98. The average Bonchev–Trinajstić information content (AvgIpc) is 2.87. The molecule has 4 saturated carbocycles. The molecule has 0 atom stereocenters. The van der Waals surface area contributed by atoms with Crippen LogP contribution in [-0.4, -0.2) is 15.0 Å². The van der Waals surface area contributed by atoms with Crippen molar-refractivity contribution < 1.29 is 0 Å². The topological polar surface area (TPSA) is 38.7 Å². The van der Waals surface area contributed by atoms with Gasteiger partial charge in [-0.3, -0.25) is 15.0 Å². The van der Waals surface area contributed by atoms with Crippen LogP contribution in [0.4, 0.5) is 0 Å². The first-order valence-electron chi connectivity index (χ1n) is 11.9. The predicted octanol–water partition coefficient (Wildman–Crippen LogP) is 5.28. The number of nitrogens with zero attached hydrogens (tertiary/aromatic N) is 3. The molecule has 0 aliphatic heterocycles. The molecule has 0 amide bonds. The molecule has 3 nitrogen and oxygen atoms in total. The van der Waals surface area contributed by atoms with Gasteiger partial charge in [0.1, 0.15) is 0 Å². The Balaban J connectivity index is 1.42. The fourth-order valence-corrected chi connectivity index (χ4v) is 6.78. The highest BCUT2D eigenvalue weighted by atomic mass is 14.6. The van der Waals surface area contributed by atoms with Gasteiger partial charge < -0.3 is 0 Å². The fraction of sp³-hybridized carbons (Fsp3) is 0.323.